The second-order valence-electron chi connectivity index (χ2n) is 6.93. The first kappa shape index (κ1) is 22.6. The third kappa shape index (κ3) is 4.77. The fourth-order valence-electron chi connectivity index (χ4n) is 3.17. The highest BCUT2D eigenvalue weighted by atomic mass is 19.4. The molecule has 0 atom stereocenters. The quantitative estimate of drug-likeness (QED) is 0.433. The zero-order chi connectivity index (χ0) is 24.5. The monoisotopic (exact) mass is 472 g/mol. The van der Waals surface area contributed by atoms with E-state index in [2.05, 4.69) is 10.1 Å². The Kier molecular flexibility index (Phi) is 5.84. The van der Waals surface area contributed by atoms with E-state index < -0.39 is 30.0 Å². The molecule has 0 radical (unpaired) electrons. The van der Waals surface area contributed by atoms with Crippen LogP contribution < -0.4 is 19.7 Å². The lowest BCUT2D eigenvalue weighted by Crippen LogP contribution is -2.54. The standard InChI is InChI=1S/C23H15F3N2O6/c1-32-15-8-4-14(5-9-15)28-21(30)18(20(29)27-22(28)31)12-17-10-11-19(33-17)13-2-6-16(7-3-13)34-23(24,25)26/h2-12H,1H3,(H,27,29,31). The number of hydrogen-bond acceptors (Lipinski definition) is 6. The molecule has 0 bridgehead atoms. The van der Waals surface area contributed by atoms with Crippen molar-refractivity contribution in [3.05, 3.63) is 72.0 Å². The fraction of sp³-hybridized carbons (Fsp3) is 0.0870. The van der Waals surface area contributed by atoms with Gasteiger partial charge in [0.05, 0.1) is 12.8 Å². The van der Waals surface area contributed by atoms with Crippen LogP contribution in [0, 0.1) is 0 Å². The Morgan fingerprint density at radius 2 is 1.56 bits per heavy atom. The van der Waals surface area contributed by atoms with Crippen LogP contribution in [-0.4, -0.2) is 31.3 Å². The van der Waals surface area contributed by atoms with Gasteiger partial charge in [0.15, 0.2) is 0 Å². The van der Waals surface area contributed by atoms with Crippen molar-refractivity contribution in [1.82, 2.24) is 5.32 Å². The van der Waals surface area contributed by atoms with Gasteiger partial charge in [-0.15, -0.1) is 13.2 Å². The van der Waals surface area contributed by atoms with Crippen molar-refractivity contribution >= 4 is 29.6 Å². The van der Waals surface area contributed by atoms with E-state index in [9.17, 15) is 27.6 Å². The molecule has 0 saturated carbocycles. The van der Waals surface area contributed by atoms with Crippen LogP contribution >= 0.6 is 0 Å². The van der Waals surface area contributed by atoms with E-state index in [1.54, 1.807) is 12.1 Å². The molecule has 2 heterocycles. The lowest BCUT2D eigenvalue weighted by atomic mass is 10.1. The van der Waals surface area contributed by atoms with Gasteiger partial charge in [-0.05, 0) is 66.7 Å². The highest BCUT2D eigenvalue weighted by Crippen LogP contribution is 2.29. The number of benzene rings is 2. The van der Waals surface area contributed by atoms with E-state index in [0.29, 0.717) is 11.3 Å². The number of carbonyl (C=O) groups excluding carboxylic acids is 3. The van der Waals surface area contributed by atoms with E-state index in [1.165, 1.54) is 49.6 Å². The third-order valence-corrected chi connectivity index (χ3v) is 4.72. The van der Waals surface area contributed by atoms with Crippen LogP contribution in [0.2, 0.25) is 0 Å². The summed E-state index contributed by atoms with van der Waals surface area (Å²) in [7, 11) is 1.47. The van der Waals surface area contributed by atoms with Gasteiger partial charge < -0.3 is 13.9 Å². The topological polar surface area (TPSA) is 98.1 Å². The minimum absolute atomic E-state index is 0.119. The zero-order valence-corrected chi connectivity index (χ0v) is 17.4. The average molecular weight is 472 g/mol. The van der Waals surface area contributed by atoms with Gasteiger partial charge in [0, 0.05) is 5.56 Å². The number of anilines is 1. The number of urea groups is 1. The molecule has 1 aliphatic heterocycles. The zero-order valence-electron chi connectivity index (χ0n) is 17.4. The van der Waals surface area contributed by atoms with Crippen LogP contribution in [0.5, 0.6) is 11.5 Å². The minimum atomic E-state index is -4.81. The molecule has 3 aromatic rings. The molecule has 0 spiro atoms. The number of furan rings is 1. The lowest BCUT2D eigenvalue weighted by molar-refractivity contribution is -0.274. The number of halogens is 3. The largest absolute Gasteiger partial charge is 0.573 e. The number of hydrogen-bond donors (Lipinski definition) is 1. The summed E-state index contributed by atoms with van der Waals surface area (Å²) < 4.78 is 51.4. The number of amides is 4. The summed E-state index contributed by atoms with van der Waals surface area (Å²) in [5.74, 6) is -1.23. The van der Waals surface area contributed by atoms with Gasteiger partial charge in [-0.1, -0.05) is 0 Å². The van der Waals surface area contributed by atoms with Crippen LogP contribution in [0.4, 0.5) is 23.7 Å². The molecule has 11 heteroatoms. The summed E-state index contributed by atoms with van der Waals surface area (Å²) in [6, 6.07) is 13.1. The normalized spacial score (nSPS) is 15.5. The van der Waals surface area contributed by atoms with Crippen molar-refractivity contribution in [2.45, 2.75) is 6.36 Å². The van der Waals surface area contributed by atoms with E-state index in [1.807, 2.05) is 0 Å². The number of methoxy groups -OCH3 is 1. The molecule has 1 aliphatic rings. The number of nitrogens with zero attached hydrogens (tertiary/aromatic N) is 1. The van der Waals surface area contributed by atoms with Crippen LogP contribution in [0.1, 0.15) is 5.76 Å². The number of alkyl halides is 3. The molecule has 1 saturated heterocycles. The Hall–Kier alpha value is -4.54. The van der Waals surface area contributed by atoms with Gasteiger partial charge in [-0.25, -0.2) is 9.69 Å². The van der Waals surface area contributed by atoms with Crippen molar-refractivity contribution in [2.75, 3.05) is 12.0 Å². The van der Waals surface area contributed by atoms with E-state index in [0.717, 1.165) is 17.0 Å². The second-order valence-corrected chi connectivity index (χ2v) is 6.93. The van der Waals surface area contributed by atoms with Crippen molar-refractivity contribution in [2.24, 2.45) is 0 Å². The van der Waals surface area contributed by atoms with Crippen LogP contribution in [-0.2, 0) is 9.59 Å². The maximum Gasteiger partial charge on any atom is 0.573 e. The molecule has 1 N–H and O–H groups in total. The van der Waals surface area contributed by atoms with Crippen molar-refractivity contribution in [3.63, 3.8) is 0 Å². The molecule has 4 amide bonds. The Bertz CT molecular complexity index is 1280. The van der Waals surface area contributed by atoms with Gasteiger partial charge in [0.1, 0.15) is 28.6 Å². The van der Waals surface area contributed by atoms with Gasteiger partial charge in [0.2, 0.25) is 0 Å². The Morgan fingerprint density at radius 3 is 2.18 bits per heavy atom. The number of barbiturate groups is 1. The Labute approximate surface area is 190 Å². The molecule has 34 heavy (non-hydrogen) atoms. The molecule has 0 unspecified atom stereocenters. The smallest absolute Gasteiger partial charge is 0.497 e. The number of carbonyl (C=O) groups is 3. The molecule has 1 aromatic heterocycles. The van der Waals surface area contributed by atoms with Crippen LogP contribution in [0.3, 0.4) is 0 Å². The van der Waals surface area contributed by atoms with E-state index in [-0.39, 0.29) is 22.8 Å². The van der Waals surface area contributed by atoms with Gasteiger partial charge >= 0.3 is 12.4 Å². The molecule has 8 nitrogen and oxygen atoms in total. The van der Waals surface area contributed by atoms with E-state index >= 15 is 0 Å². The summed E-state index contributed by atoms with van der Waals surface area (Å²) in [5, 5.41) is 2.10. The van der Waals surface area contributed by atoms with Crippen molar-refractivity contribution in [1.29, 1.82) is 0 Å². The maximum atomic E-state index is 12.9. The predicted octanol–water partition coefficient (Wildman–Crippen LogP) is 4.52. The van der Waals surface area contributed by atoms with E-state index in [4.69, 9.17) is 9.15 Å². The fourth-order valence-corrected chi connectivity index (χ4v) is 3.17. The summed E-state index contributed by atoms with van der Waals surface area (Å²) in [6.07, 6.45) is -3.63. The predicted molar refractivity (Wildman–Crippen MR) is 113 cm³/mol. The summed E-state index contributed by atoms with van der Waals surface area (Å²) >= 11 is 0. The number of nitrogens with one attached hydrogen (secondary N) is 1. The number of imide groups is 2. The number of ether oxygens (including phenoxy) is 2. The summed E-state index contributed by atoms with van der Waals surface area (Å²) in [6.45, 7) is 0. The highest BCUT2D eigenvalue weighted by Gasteiger charge is 2.37. The first-order valence-electron chi connectivity index (χ1n) is 9.66. The first-order valence-corrected chi connectivity index (χ1v) is 9.66. The summed E-state index contributed by atoms with van der Waals surface area (Å²) in [4.78, 5) is 38.3. The lowest BCUT2D eigenvalue weighted by Gasteiger charge is -2.26. The van der Waals surface area contributed by atoms with Gasteiger partial charge in [0.25, 0.3) is 11.8 Å². The number of rotatable bonds is 5. The molecular weight excluding hydrogens is 457 g/mol. The minimum Gasteiger partial charge on any atom is -0.497 e. The van der Waals surface area contributed by atoms with Crippen LogP contribution in [0.25, 0.3) is 17.4 Å². The average Bonchev–Trinajstić information content (AvgIpc) is 3.25. The molecule has 2 aromatic carbocycles. The Balaban J connectivity index is 1.58. The first-order chi connectivity index (χ1) is 16.1. The third-order valence-electron chi connectivity index (χ3n) is 4.72. The van der Waals surface area contributed by atoms with Crippen molar-refractivity contribution in [3.8, 4) is 22.8 Å². The molecule has 4 rings (SSSR count). The second kappa shape index (κ2) is 8.77. The Morgan fingerprint density at radius 1 is 0.912 bits per heavy atom. The summed E-state index contributed by atoms with van der Waals surface area (Å²) in [5.41, 5.74) is 0.321. The molecule has 0 aliphatic carbocycles. The molecule has 174 valence electrons. The molecule has 1 fully saturated rings. The van der Waals surface area contributed by atoms with Crippen LogP contribution in [0.15, 0.2) is 70.7 Å². The van der Waals surface area contributed by atoms with Gasteiger partial charge in [-0.3, -0.25) is 14.9 Å². The molecular formula is C23H15F3N2O6. The van der Waals surface area contributed by atoms with Crippen molar-refractivity contribution < 1.29 is 41.4 Å². The SMILES string of the molecule is COc1ccc(N2C(=O)NC(=O)C(=Cc3ccc(-c4ccc(OC(F)(F)F)cc4)o3)C2=O)cc1. The maximum absolute atomic E-state index is 12.9. The highest BCUT2D eigenvalue weighted by molar-refractivity contribution is 6.39. The van der Waals surface area contributed by atoms with Gasteiger partial charge in [-0.2, -0.15) is 0 Å².